The maximum Gasteiger partial charge on any atom is 0.234 e. The van der Waals surface area contributed by atoms with Gasteiger partial charge in [-0.1, -0.05) is 43.3 Å². The molecule has 1 aromatic carbocycles. The van der Waals surface area contributed by atoms with Crippen LogP contribution in [0.25, 0.3) is 15.9 Å². The molecule has 0 aliphatic rings. The van der Waals surface area contributed by atoms with Crippen LogP contribution in [0.15, 0.2) is 17.3 Å². The minimum Gasteiger partial charge on any atom is -0.325 e. The summed E-state index contributed by atoms with van der Waals surface area (Å²) in [6.07, 6.45) is 0. The van der Waals surface area contributed by atoms with Crippen LogP contribution in [0.1, 0.15) is 52.7 Å². The van der Waals surface area contributed by atoms with Crippen molar-refractivity contribution in [3.63, 3.8) is 0 Å². The summed E-state index contributed by atoms with van der Waals surface area (Å²) in [6, 6.07) is 4.16. The number of nitrogens with one attached hydrogen (secondary N) is 1. The standard InChI is InChI=1S/C23H27N5OS2/c1-11(2)20-25-22-18(15(6)16(7)31-22)21-26-27-23(28(20)21)30-10-17(29)24-19-13(4)8-12(3)9-14(19)5/h8-9,11H,10H2,1-7H3,(H,24,29). The van der Waals surface area contributed by atoms with Crippen LogP contribution in [0.4, 0.5) is 5.69 Å². The first-order valence-electron chi connectivity index (χ1n) is 10.3. The zero-order valence-corrected chi connectivity index (χ0v) is 20.6. The van der Waals surface area contributed by atoms with Gasteiger partial charge < -0.3 is 5.32 Å². The summed E-state index contributed by atoms with van der Waals surface area (Å²) in [7, 11) is 0. The predicted molar refractivity (Wildman–Crippen MR) is 130 cm³/mol. The summed E-state index contributed by atoms with van der Waals surface area (Å²) < 4.78 is 2.02. The second-order valence-corrected chi connectivity index (χ2v) is 10.5. The lowest BCUT2D eigenvalue weighted by Crippen LogP contribution is -2.16. The molecule has 0 atom stereocenters. The van der Waals surface area contributed by atoms with Crippen LogP contribution in [-0.2, 0) is 4.79 Å². The highest BCUT2D eigenvalue weighted by atomic mass is 32.2. The van der Waals surface area contributed by atoms with Crippen molar-refractivity contribution in [3.05, 3.63) is 45.1 Å². The summed E-state index contributed by atoms with van der Waals surface area (Å²) in [6.45, 7) is 14.5. The van der Waals surface area contributed by atoms with Gasteiger partial charge >= 0.3 is 0 Å². The third kappa shape index (κ3) is 3.94. The van der Waals surface area contributed by atoms with Gasteiger partial charge in [0.1, 0.15) is 10.7 Å². The van der Waals surface area contributed by atoms with Crippen molar-refractivity contribution in [3.8, 4) is 0 Å². The number of thioether (sulfide) groups is 1. The molecule has 0 aliphatic carbocycles. The summed E-state index contributed by atoms with van der Waals surface area (Å²) in [4.78, 5) is 19.9. The lowest BCUT2D eigenvalue weighted by atomic mass is 10.1. The number of hydrogen-bond donors (Lipinski definition) is 1. The Morgan fingerprint density at radius 3 is 2.45 bits per heavy atom. The molecule has 31 heavy (non-hydrogen) atoms. The number of fused-ring (bicyclic) bond motifs is 3. The van der Waals surface area contributed by atoms with Crippen LogP contribution >= 0.6 is 23.1 Å². The Kier molecular flexibility index (Phi) is 5.79. The molecule has 6 nitrogen and oxygen atoms in total. The molecule has 0 unspecified atom stereocenters. The number of aryl methyl sites for hydroxylation is 5. The summed E-state index contributed by atoms with van der Waals surface area (Å²) in [5.74, 6) is 1.32. The van der Waals surface area contributed by atoms with Gasteiger partial charge in [0, 0.05) is 16.5 Å². The highest BCUT2D eigenvalue weighted by Crippen LogP contribution is 2.34. The molecule has 1 N–H and O–H groups in total. The number of carbonyl (C=O) groups excluding carboxylic acids is 1. The van der Waals surface area contributed by atoms with Gasteiger partial charge in [0.25, 0.3) is 0 Å². The van der Waals surface area contributed by atoms with Crippen LogP contribution < -0.4 is 5.32 Å². The first kappa shape index (κ1) is 21.8. The van der Waals surface area contributed by atoms with Crippen molar-refractivity contribution in [2.24, 2.45) is 0 Å². The Labute approximate surface area is 190 Å². The second kappa shape index (κ2) is 8.24. The Morgan fingerprint density at radius 2 is 1.81 bits per heavy atom. The van der Waals surface area contributed by atoms with Gasteiger partial charge in [-0.15, -0.1) is 21.5 Å². The molecule has 0 bridgehead atoms. The van der Waals surface area contributed by atoms with E-state index in [0.717, 1.165) is 38.5 Å². The number of thiophene rings is 1. The molecular formula is C23H27N5OS2. The topological polar surface area (TPSA) is 72.2 Å². The average molecular weight is 454 g/mol. The molecular weight excluding hydrogens is 426 g/mol. The molecule has 4 rings (SSSR count). The number of anilines is 1. The van der Waals surface area contributed by atoms with Gasteiger partial charge in [0.2, 0.25) is 5.91 Å². The van der Waals surface area contributed by atoms with E-state index in [1.165, 1.54) is 27.8 Å². The third-order valence-corrected chi connectivity index (χ3v) is 7.49. The van der Waals surface area contributed by atoms with E-state index < -0.39 is 0 Å². The van der Waals surface area contributed by atoms with Crippen molar-refractivity contribution >= 4 is 50.6 Å². The Morgan fingerprint density at radius 1 is 1.13 bits per heavy atom. The molecule has 4 aromatic rings. The quantitative estimate of drug-likeness (QED) is 0.390. The number of rotatable bonds is 5. The van der Waals surface area contributed by atoms with E-state index in [1.807, 2.05) is 18.2 Å². The molecule has 0 radical (unpaired) electrons. The Hall–Kier alpha value is -2.45. The molecule has 162 valence electrons. The zero-order valence-electron chi connectivity index (χ0n) is 19.0. The first-order valence-corrected chi connectivity index (χ1v) is 12.1. The van der Waals surface area contributed by atoms with Gasteiger partial charge in [-0.2, -0.15) is 0 Å². The first-order chi connectivity index (χ1) is 14.7. The summed E-state index contributed by atoms with van der Waals surface area (Å²) in [5, 5.41) is 13.7. The van der Waals surface area contributed by atoms with Crippen molar-refractivity contribution < 1.29 is 4.79 Å². The molecule has 3 aromatic heterocycles. The fourth-order valence-electron chi connectivity index (χ4n) is 3.91. The summed E-state index contributed by atoms with van der Waals surface area (Å²) >= 11 is 3.09. The average Bonchev–Trinajstić information content (AvgIpc) is 3.23. The molecule has 0 aliphatic heterocycles. The van der Waals surface area contributed by atoms with Gasteiger partial charge in [-0.05, 0) is 51.3 Å². The van der Waals surface area contributed by atoms with E-state index in [0.29, 0.717) is 5.16 Å². The normalized spacial score (nSPS) is 11.7. The molecule has 0 spiro atoms. The Balaban J connectivity index is 1.65. The largest absolute Gasteiger partial charge is 0.325 e. The number of carbonyl (C=O) groups is 1. The SMILES string of the molecule is Cc1cc(C)c(NC(=O)CSc2nnc3c4c(C)c(C)sc4nc(C(C)C)n23)c(C)c1. The number of benzene rings is 1. The van der Waals surface area contributed by atoms with E-state index in [4.69, 9.17) is 4.98 Å². The third-order valence-electron chi connectivity index (χ3n) is 5.46. The fraction of sp³-hybridized carbons (Fsp3) is 0.391. The molecule has 8 heteroatoms. The molecule has 0 saturated carbocycles. The highest BCUT2D eigenvalue weighted by molar-refractivity contribution is 7.99. The van der Waals surface area contributed by atoms with Gasteiger partial charge in [0.15, 0.2) is 10.8 Å². The van der Waals surface area contributed by atoms with E-state index in [2.05, 4.69) is 62.3 Å². The van der Waals surface area contributed by atoms with Crippen molar-refractivity contribution in [1.82, 2.24) is 19.6 Å². The van der Waals surface area contributed by atoms with Crippen molar-refractivity contribution in [1.29, 1.82) is 0 Å². The number of amides is 1. The van der Waals surface area contributed by atoms with Crippen LogP contribution in [0, 0.1) is 34.6 Å². The lowest BCUT2D eigenvalue weighted by molar-refractivity contribution is -0.113. The molecule has 3 heterocycles. The van der Waals surface area contributed by atoms with Gasteiger partial charge in [0.05, 0.1) is 11.1 Å². The second-order valence-electron chi connectivity index (χ2n) is 8.34. The minimum absolute atomic E-state index is 0.0560. The molecule has 0 saturated heterocycles. The number of aromatic nitrogens is 4. The maximum atomic E-state index is 12.7. The van der Waals surface area contributed by atoms with Gasteiger partial charge in [-0.3, -0.25) is 9.20 Å². The predicted octanol–water partition coefficient (Wildman–Crippen LogP) is 5.74. The smallest absolute Gasteiger partial charge is 0.234 e. The molecule has 1 amide bonds. The van der Waals surface area contributed by atoms with Crippen LogP contribution in [0.3, 0.4) is 0 Å². The van der Waals surface area contributed by atoms with E-state index in [1.54, 1.807) is 11.3 Å². The zero-order chi connectivity index (χ0) is 22.4. The number of nitrogens with zero attached hydrogens (tertiary/aromatic N) is 4. The van der Waals surface area contributed by atoms with E-state index in [9.17, 15) is 4.79 Å². The molecule has 0 fully saturated rings. The van der Waals surface area contributed by atoms with Crippen molar-refractivity contribution in [2.45, 2.75) is 59.5 Å². The van der Waals surface area contributed by atoms with Gasteiger partial charge in [-0.25, -0.2) is 4.98 Å². The summed E-state index contributed by atoms with van der Waals surface area (Å²) in [5.41, 5.74) is 6.24. The van der Waals surface area contributed by atoms with Crippen LogP contribution in [0.2, 0.25) is 0 Å². The van der Waals surface area contributed by atoms with E-state index >= 15 is 0 Å². The minimum atomic E-state index is -0.0560. The monoisotopic (exact) mass is 453 g/mol. The number of hydrogen-bond acceptors (Lipinski definition) is 6. The van der Waals surface area contributed by atoms with Crippen LogP contribution in [0.5, 0.6) is 0 Å². The maximum absolute atomic E-state index is 12.7. The Bertz CT molecular complexity index is 1300. The highest BCUT2D eigenvalue weighted by Gasteiger charge is 2.21. The van der Waals surface area contributed by atoms with Crippen molar-refractivity contribution in [2.75, 3.05) is 11.1 Å². The fourth-order valence-corrected chi connectivity index (χ4v) is 5.68. The lowest BCUT2D eigenvalue weighted by Gasteiger charge is -2.13. The van der Waals surface area contributed by atoms with E-state index in [-0.39, 0.29) is 17.6 Å². The van der Waals surface area contributed by atoms with Crippen LogP contribution in [-0.4, -0.2) is 31.2 Å².